The third kappa shape index (κ3) is 5.01. The smallest absolute Gasteiger partial charge is 0.119 e. The maximum atomic E-state index is 5.27. The Labute approximate surface area is 121 Å². The second-order valence-electron chi connectivity index (χ2n) is 4.81. The van der Waals surface area contributed by atoms with E-state index in [4.69, 9.17) is 4.74 Å². The van der Waals surface area contributed by atoms with E-state index in [1.807, 2.05) is 6.07 Å². The van der Waals surface area contributed by atoms with Gasteiger partial charge < -0.3 is 4.74 Å². The van der Waals surface area contributed by atoms with Crippen LogP contribution in [0.25, 0.3) is 0 Å². The van der Waals surface area contributed by atoms with Crippen molar-refractivity contribution < 1.29 is 4.74 Å². The molecule has 0 bridgehead atoms. The van der Waals surface area contributed by atoms with Gasteiger partial charge in [0.1, 0.15) is 5.75 Å². The Bertz CT molecular complexity index is 350. The summed E-state index contributed by atoms with van der Waals surface area (Å²) in [4.78, 5) is 0. The van der Waals surface area contributed by atoms with Crippen molar-refractivity contribution in [1.29, 1.82) is 0 Å². The van der Waals surface area contributed by atoms with E-state index in [-0.39, 0.29) is 0 Å². The lowest BCUT2D eigenvalue weighted by molar-refractivity contribution is 0.412. The maximum Gasteiger partial charge on any atom is 0.119 e. The van der Waals surface area contributed by atoms with Crippen LogP contribution < -0.4 is 4.74 Å². The minimum Gasteiger partial charge on any atom is -0.497 e. The summed E-state index contributed by atoms with van der Waals surface area (Å²) in [6.45, 7) is 4.55. The van der Waals surface area contributed by atoms with Crippen LogP contribution >= 0.6 is 31.9 Å². The first-order valence-corrected chi connectivity index (χ1v) is 7.86. The molecule has 1 atom stereocenters. The zero-order chi connectivity index (χ0) is 12.8. The van der Waals surface area contributed by atoms with Gasteiger partial charge in [-0.25, -0.2) is 0 Å². The van der Waals surface area contributed by atoms with E-state index < -0.39 is 0 Å². The van der Waals surface area contributed by atoms with Crippen LogP contribution in [0.5, 0.6) is 5.75 Å². The van der Waals surface area contributed by atoms with Crippen LogP contribution in [0.2, 0.25) is 0 Å². The summed E-state index contributed by atoms with van der Waals surface area (Å²) in [5.74, 6) is 2.35. The quantitative estimate of drug-likeness (QED) is 0.642. The van der Waals surface area contributed by atoms with E-state index in [0.29, 0.717) is 5.92 Å². The van der Waals surface area contributed by atoms with E-state index >= 15 is 0 Å². The molecule has 0 amide bonds. The van der Waals surface area contributed by atoms with E-state index in [1.54, 1.807) is 7.11 Å². The number of hydrogen-bond donors (Lipinski definition) is 0. The molecule has 17 heavy (non-hydrogen) atoms. The second kappa shape index (κ2) is 7.42. The van der Waals surface area contributed by atoms with Crippen LogP contribution in [0.4, 0.5) is 0 Å². The average molecular weight is 364 g/mol. The Morgan fingerprint density at radius 3 is 2.53 bits per heavy atom. The highest BCUT2D eigenvalue weighted by Crippen LogP contribution is 2.27. The second-order valence-corrected chi connectivity index (χ2v) is 6.31. The molecule has 0 saturated heterocycles. The van der Waals surface area contributed by atoms with Crippen molar-refractivity contribution in [3.8, 4) is 5.75 Å². The van der Waals surface area contributed by atoms with Gasteiger partial charge in [-0.05, 0) is 48.4 Å². The van der Waals surface area contributed by atoms with Gasteiger partial charge in [0, 0.05) is 9.80 Å². The van der Waals surface area contributed by atoms with Crippen molar-refractivity contribution in [3.63, 3.8) is 0 Å². The average Bonchev–Trinajstić information content (AvgIpc) is 2.30. The van der Waals surface area contributed by atoms with E-state index in [1.165, 1.54) is 16.5 Å². The fourth-order valence-electron chi connectivity index (χ4n) is 2.01. The Hall–Kier alpha value is -0.0200. The number of methoxy groups -OCH3 is 1. The Kier molecular flexibility index (Phi) is 6.57. The molecular formula is C14H20Br2O. The normalized spacial score (nSPS) is 12.8. The molecule has 0 aliphatic carbocycles. The van der Waals surface area contributed by atoms with Gasteiger partial charge in [-0.3, -0.25) is 0 Å². The van der Waals surface area contributed by atoms with Gasteiger partial charge in [0.2, 0.25) is 0 Å². The maximum absolute atomic E-state index is 5.27. The molecule has 0 saturated carbocycles. The predicted octanol–water partition coefficient (Wildman–Crippen LogP) is 5.06. The van der Waals surface area contributed by atoms with Crippen LogP contribution in [-0.4, -0.2) is 12.4 Å². The van der Waals surface area contributed by atoms with Crippen LogP contribution in [0.3, 0.4) is 0 Å². The van der Waals surface area contributed by atoms with Crippen LogP contribution in [0.15, 0.2) is 22.7 Å². The first kappa shape index (κ1) is 15.0. The molecule has 1 aromatic carbocycles. The first-order chi connectivity index (χ1) is 8.06. The minimum atomic E-state index is 0.679. The predicted molar refractivity (Wildman–Crippen MR) is 81.1 cm³/mol. The third-order valence-electron chi connectivity index (χ3n) is 2.78. The Morgan fingerprint density at radius 2 is 2.00 bits per heavy atom. The summed E-state index contributed by atoms with van der Waals surface area (Å²) in [7, 11) is 1.71. The van der Waals surface area contributed by atoms with Crippen molar-refractivity contribution in [3.05, 3.63) is 28.2 Å². The van der Waals surface area contributed by atoms with Crippen LogP contribution in [0.1, 0.15) is 25.8 Å². The highest BCUT2D eigenvalue weighted by molar-refractivity contribution is 9.10. The molecule has 0 radical (unpaired) electrons. The van der Waals surface area contributed by atoms with Gasteiger partial charge in [-0.1, -0.05) is 45.7 Å². The van der Waals surface area contributed by atoms with Gasteiger partial charge in [-0.2, -0.15) is 0 Å². The molecule has 0 aliphatic rings. The largest absolute Gasteiger partial charge is 0.497 e. The SMILES string of the molecule is COc1ccc(Br)c(CC(CBr)CC(C)C)c1. The van der Waals surface area contributed by atoms with Gasteiger partial charge in [0.25, 0.3) is 0 Å². The topological polar surface area (TPSA) is 9.23 Å². The number of alkyl halides is 1. The number of ether oxygens (including phenoxy) is 1. The Balaban J connectivity index is 2.77. The van der Waals surface area contributed by atoms with E-state index in [9.17, 15) is 0 Å². The van der Waals surface area contributed by atoms with Gasteiger partial charge in [0.05, 0.1) is 7.11 Å². The van der Waals surface area contributed by atoms with Gasteiger partial charge in [-0.15, -0.1) is 0 Å². The summed E-state index contributed by atoms with van der Waals surface area (Å²) >= 11 is 7.23. The summed E-state index contributed by atoms with van der Waals surface area (Å²) in [5.41, 5.74) is 1.33. The molecule has 0 aromatic heterocycles. The zero-order valence-electron chi connectivity index (χ0n) is 10.7. The monoisotopic (exact) mass is 362 g/mol. The molecule has 3 heteroatoms. The Morgan fingerprint density at radius 1 is 1.29 bits per heavy atom. The number of hydrogen-bond acceptors (Lipinski definition) is 1. The molecular weight excluding hydrogens is 344 g/mol. The van der Waals surface area contributed by atoms with Gasteiger partial charge in [0.15, 0.2) is 0 Å². The van der Waals surface area contributed by atoms with Crippen LogP contribution in [0, 0.1) is 11.8 Å². The molecule has 1 aromatic rings. The number of halogens is 2. The summed E-state index contributed by atoms with van der Waals surface area (Å²) in [6.07, 6.45) is 2.33. The molecule has 1 rings (SSSR count). The lowest BCUT2D eigenvalue weighted by Crippen LogP contribution is -2.10. The fourth-order valence-corrected chi connectivity index (χ4v) is 2.91. The fraction of sp³-hybridized carbons (Fsp3) is 0.571. The van der Waals surface area contributed by atoms with Crippen molar-refractivity contribution >= 4 is 31.9 Å². The summed E-state index contributed by atoms with van der Waals surface area (Å²) < 4.78 is 6.45. The van der Waals surface area contributed by atoms with Crippen molar-refractivity contribution in [2.45, 2.75) is 26.7 Å². The molecule has 1 nitrogen and oxygen atoms in total. The molecule has 0 fully saturated rings. The lowest BCUT2D eigenvalue weighted by atomic mass is 9.92. The lowest BCUT2D eigenvalue weighted by Gasteiger charge is -2.17. The van der Waals surface area contributed by atoms with Gasteiger partial charge >= 0.3 is 0 Å². The first-order valence-electron chi connectivity index (χ1n) is 5.95. The number of rotatable bonds is 6. The highest BCUT2D eigenvalue weighted by atomic mass is 79.9. The minimum absolute atomic E-state index is 0.679. The van der Waals surface area contributed by atoms with Crippen molar-refractivity contribution in [1.82, 2.24) is 0 Å². The zero-order valence-corrected chi connectivity index (χ0v) is 13.8. The molecule has 96 valence electrons. The van der Waals surface area contributed by atoms with Crippen molar-refractivity contribution in [2.75, 3.05) is 12.4 Å². The van der Waals surface area contributed by atoms with Crippen LogP contribution in [-0.2, 0) is 6.42 Å². The highest BCUT2D eigenvalue weighted by Gasteiger charge is 2.13. The van der Waals surface area contributed by atoms with E-state index in [0.717, 1.165) is 23.4 Å². The molecule has 0 heterocycles. The summed E-state index contributed by atoms with van der Waals surface area (Å²) in [6, 6.07) is 6.17. The summed E-state index contributed by atoms with van der Waals surface area (Å²) in [5, 5.41) is 1.05. The van der Waals surface area contributed by atoms with Crippen molar-refractivity contribution in [2.24, 2.45) is 11.8 Å². The molecule has 1 unspecified atom stereocenters. The number of benzene rings is 1. The standard InChI is InChI=1S/C14H20Br2O/c1-10(2)6-11(9-15)7-12-8-13(17-3)4-5-14(12)16/h4-5,8,10-11H,6-7,9H2,1-3H3. The van der Waals surface area contributed by atoms with E-state index in [2.05, 4.69) is 57.8 Å². The molecule has 0 aliphatic heterocycles. The molecule has 0 spiro atoms. The third-order valence-corrected chi connectivity index (χ3v) is 4.47. The molecule has 0 N–H and O–H groups in total.